The van der Waals surface area contributed by atoms with Gasteiger partial charge in [-0.05, 0) is 25.2 Å². The topological polar surface area (TPSA) is 96.8 Å². The zero-order valence-electron chi connectivity index (χ0n) is 12.5. The molecule has 8 nitrogen and oxygen atoms in total. The summed E-state index contributed by atoms with van der Waals surface area (Å²) in [6.07, 6.45) is 0. The fraction of sp³-hybridized carbons (Fsp3) is 0.385. The van der Waals surface area contributed by atoms with Gasteiger partial charge in [0.2, 0.25) is 10.0 Å². The van der Waals surface area contributed by atoms with Gasteiger partial charge in [-0.2, -0.15) is 4.68 Å². The Morgan fingerprint density at radius 1 is 1.22 bits per heavy atom. The summed E-state index contributed by atoms with van der Waals surface area (Å²) in [4.78, 5) is 10.3. The van der Waals surface area contributed by atoms with E-state index in [4.69, 9.17) is 5.14 Å². The molecule has 0 amide bonds. The molecule has 0 unspecified atom stereocenters. The van der Waals surface area contributed by atoms with E-state index in [-0.39, 0.29) is 4.90 Å². The minimum atomic E-state index is -3.74. The number of nitrogens with zero attached hydrogens (tertiary/aromatic N) is 5. The third kappa shape index (κ3) is 2.52. The van der Waals surface area contributed by atoms with Gasteiger partial charge < -0.3 is 4.90 Å². The lowest BCUT2D eigenvalue weighted by Crippen LogP contribution is -2.47. The maximum Gasteiger partial charge on any atom is 0.238 e. The van der Waals surface area contributed by atoms with E-state index < -0.39 is 10.0 Å². The predicted molar refractivity (Wildman–Crippen MR) is 89.5 cm³/mol. The van der Waals surface area contributed by atoms with Crippen LogP contribution in [0.1, 0.15) is 5.82 Å². The predicted octanol–water partition coefficient (Wildman–Crippen LogP) is -0.548. The normalized spacial score (nSPS) is 19.7. The summed E-state index contributed by atoms with van der Waals surface area (Å²) in [6.45, 7) is 3.86. The van der Waals surface area contributed by atoms with Gasteiger partial charge in [0.15, 0.2) is 5.82 Å². The van der Waals surface area contributed by atoms with Crippen LogP contribution in [-0.4, -0.2) is 66.1 Å². The number of fused-ring (bicyclic) bond motifs is 3. The molecule has 2 aliphatic rings. The number of benzene rings is 1. The second-order valence-corrected chi connectivity index (χ2v) is 8.01. The molecule has 10 heteroatoms. The van der Waals surface area contributed by atoms with Crippen molar-refractivity contribution in [1.82, 2.24) is 19.5 Å². The first-order chi connectivity index (χ1) is 10.9. The summed E-state index contributed by atoms with van der Waals surface area (Å²) >= 11 is 1.38. The lowest BCUT2D eigenvalue weighted by atomic mass is 10.3. The molecular weight excluding hydrogens is 336 g/mol. The molecule has 23 heavy (non-hydrogen) atoms. The Labute approximate surface area is 137 Å². The molecule has 1 aromatic carbocycles. The lowest BCUT2D eigenvalue weighted by molar-refractivity contribution is 0.217. The van der Waals surface area contributed by atoms with Crippen LogP contribution in [0.5, 0.6) is 0 Å². The fourth-order valence-electron chi connectivity index (χ4n) is 2.77. The molecule has 1 saturated heterocycles. The maximum atomic E-state index is 11.5. The van der Waals surface area contributed by atoms with E-state index in [0.717, 1.165) is 37.0 Å². The van der Waals surface area contributed by atoms with Crippen molar-refractivity contribution in [2.75, 3.05) is 33.2 Å². The fourth-order valence-corrected chi connectivity index (χ4v) is 4.14. The monoisotopic (exact) mass is 352 g/mol. The standard InChI is InChI=1S/C13H16N6O2S2/c1-17-4-6-18(7-5-17)13-12-15-10-3-2-9(23(14,20)21)8-11(10)19(12)16-22-13/h2-3,8H,4-7H2,1H3,(H2,14,20,21). The average Bonchev–Trinajstić information content (AvgIpc) is 3.05. The van der Waals surface area contributed by atoms with Gasteiger partial charge in [-0.1, -0.05) is 0 Å². The summed E-state index contributed by atoms with van der Waals surface area (Å²) in [6, 6.07) is 4.67. The number of sulfonamides is 1. The number of hydrogen-bond donors (Lipinski definition) is 1. The molecule has 122 valence electrons. The Hall–Kier alpha value is -1.59. The van der Waals surface area contributed by atoms with Crippen molar-refractivity contribution in [3.05, 3.63) is 24.0 Å². The van der Waals surface area contributed by atoms with Gasteiger partial charge >= 0.3 is 0 Å². The van der Waals surface area contributed by atoms with Crippen LogP contribution in [0.25, 0.3) is 11.0 Å². The summed E-state index contributed by atoms with van der Waals surface area (Å²) in [5.74, 6) is 0.765. The smallest absolute Gasteiger partial charge is 0.238 e. The van der Waals surface area contributed by atoms with Gasteiger partial charge in [0.05, 0.1) is 15.9 Å². The lowest BCUT2D eigenvalue weighted by Gasteiger charge is -2.31. The molecule has 0 saturated carbocycles. The molecule has 2 aliphatic heterocycles. The van der Waals surface area contributed by atoms with E-state index >= 15 is 0 Å². The number of primary sulfonamides is 1. The average molecular weight is 352 g/mol. The van der Waals surface area contributed by atoms with Gasteiger partial charge in [-0.15, -0.1) is 4.47 Å². The van der Waals surface area contributed by atoms with Gasteiger partial charge in [0, 0.05) is 37.3 Å². The number of nitrogens with two attached hydrogens (primary N) is 1. The summed E-state index contributed by atoms with van der Waals surface area (Å²) in [7, 11) is -1.63. The highest BCUT2D eigenvalue weighted by atomic mass is 32.2. The minimum Gasteiger partial charge on any atom is -0.304 e. The second kappa shape index (κ2) is 5.21. The molecular formula is C13H16N6O2S2. The molecule has 0 bridgehead atoms. The van der Waals surface area contributed by atoms with E-state index in [1.807, 2.05) is 0 Å². The highest BCUT2D eigenvalue weighted by Crippen LogP contribution is 2.23. The van der Waals surface area contributed by atoms with E-state index in [0.29, 0.717) is 11.0 Å². The Bertz CT molecular complexity index is 966. The first kappa shape index (κ1) is 15.0. The van der Waals surface area contributed by atoms with E-state index in [1.54, 1.807) is 10.7 Å². The Kier molecular flexibility index (Phi) is 3.39. The van der Waals surface area contributed by atoms with Crippen LogP contribution in [0.3, 0.4) is 0 Å². The highest BCUT2D eigenvalue weighted by Gasteiger charge is 2.27. The van der Waals surface area contributed by atoms with Gasteiger partial charge in [-0.3, -0.25) is 4.90 Å². The molecule has 2 aromatic rings. The van der Waals surface area contributed by atoms with Crippen molar-refractivity contribution in [2.24, 2.45) is 9.61 Å². The molecule has 0 atom stereocenters. The zero-order chi connectivity index (χ0) is 16.2. The molecule has 4 rings (SSSR count). The van der Waals surface area contributed by atoms with Crippen molar-refractivity contribution in [3.63, 3.8) is 0 Å². The number of likely N-dealkylation sites (N-methyl/N-ethyl adjacent to an activating group) is 1. The van der Waals surface area contributed by atoms with Crippen LogP contribution in [-0.2, 0) is 21.2 Å². The quantitative estimate of drug-likeness (QED) is 0.695. The van der Waals surface area contributed by atoms with Crippen LogP contribution in [0.15, 0.2) is 27.6 Å². The van der Waals surface area contributed by atoms with E-state index in [2.05, 4.69) is 26.3 Å². The first-order valence-electron chi connectivity index (χ1n) is 7.18. The second-order valence-electron chi connectivity index (χ2n) is 5.71. The first-order valence-corrected chi connectivity index (χ1v) is 9.50. The van der Waals surface area contributed by atoms with Crippen molar-refractivity contribution < 1.29 is 8.42 Å². The van der Waals surface area contributed by atoms with Crippen LogP contribution < -0.4 is 5.14 Å². The third-order valence-electron chi connectivity index (χ3n) is 4.12. The Morgan fingerprint density at radius 3 is 2.65 bits per heavy atom. The molecule has 0 spiro atoms. The van der Waals surface area contributed by atoms with Crippen LogP contribution >= 0.6 is 0 Å². The van der Waals surface area contributed by atoms with Gasteiger partial charge in [0.25, 0.3) is 0 Å². The molecule has 1 aromatic heterocycles. The number of piperazine rings is 1. The maximum absolute atomic E-state index is 11.5. The summed E-state index contributed by atoms with van der Waals surface area (Å²) in [5, 5.41) is 5.21. The van der Waals surface area contributed by atoms with Crippen molar-refractivity contribution >= 4 is 37.2 Å². The minimum absolute atomic E-state index is 0.0703. The SMILES string of the molecule is CN1CCN(C2=S=Nn3c2nc2ccc(S(N)(=O)=O)cc23)CC1. The molecule has 3 heterocycles. The summed E-state index contributed by atoms with van der Waals surface area (Å²) in [5.41, 5.74) is 1.37. The molecule has 1 fully saturated rings. The largest absolute Gasteiger partial charge is 0.304 e. The highest BCUT2D eigenvalue weighted by molar-refractivity contribution is 7.89. The van der Waals surface area contributed by atoms with Crippen LogP contribution in [0, 0.1) is 0 Å². The van der Waals surface area contributed by atoms with Crippen LogP contribution in [0.4, 0.5) is 0 Å². The van der Waals surface area contributed by atoms with Gasteiger partial charge in [-0.25, -0.2) is 18.5 Å². The summed E-state index contributed by atoms with van der Waals surface area (Å²) < 4.78 is 29.2. The third-order valence-corrected chi connectivity index (χ3v) is 5.89. The number of rotatable bonds is 1. The number of imidazole rings is 1. The number of aromatic nitrogens is 2. The zero-order valence-corrected chi connectivity index (χ0v) is 14.1. The Balaban J connectivity index is 1.76. The van der Waals surface area contributed by atoms with Crippen molar-refractivity contribution in [2.45, 2.75) is 4.90 Å². The van der Waals surface area contributed by atoms with E-state index in [1.165, 1.54) is 23.3 Å². The van der Waals surface area contributed by atoms with E-state index in [9.17, 15) is 8.42 Å². The Morgan fingerprint density at radius 2 is 1.96 bits per heavy atom. The van der Waals surface area contributed by atoms with Crippen LogP contribution in [0.2, 0.25) is 0 Å². The van der Waals surface area contributed by atoms with Crippen molar-refractivity contribution in [3.8, 4) is 0 Å². The molecule has 0 radical (unpaired) electrons. The number of hydrogen-bond acceptors (Lipinski definition) is 6. The van der Waals surface area contributed by atoms with Gasteiger partial charge in [0.1, 0.15) is 4.99 Å². The molecule has 2 N–H and O–H groups in total. The molecule has 0 aliphatic carbocycles. The van der Waals surface area contributed by atoms with Crippen molar-refractivity contribution in [1.29, 1.82) is 0 Å².